The summed E-state index contributed by atoms with van der Waals surface area (Å²) < 4.78 is 13.6. The van der Waals surface area contributed by atoms with Gasteiger partial charge in [-0.25, -0.2) is 0 Å². The molecule has 9 aromatic carbocycles. The third-order valence-electron chi connectivity index (χ3n) is 10.9. The molecule has 0 atom stereocenters. The molecule has 0 aliphatic carbocycles. The lowest BCUT2D eigenvalue weighted by atomic mass is 9.90. The van der Waals surface area contributed by atoms with E-state index >= 15 is 0 Å². The Morgan fingerprint density at radius 3 is 1.71 bits per heavy atom. The summed E-state index contributed by atoms with van der Waals surface area (Å²) in [6.45, 7) is 0. The summed E-state index contributed by atoms with van der Waals surface area (Å²) >= 11 is 0. The number of anilines is 3. The number of fused-ring (bicyclic) bond motifs is 8. The second-order valence-electron chi connectivity index (χ2n) is 14.0. The Labute approximate surface area is 317 Å². The zero-order valence-electron chi connectivity index (χ0n) is 29.8. The van der Waals surface area contributed by atoms with E-state index in [1.807, 2.05) is 12.1 Å². The van der Waals surface area contributed by atoms with Crippen molar-refractivity contribution < 1.29 is 8.83 Å². The van der Waals surface area contributed by atoms with Crippen LogP contribution in [0.2, 0.25) is 0 Å². The largest absolute Gasteiger partial charge is 0.455 e. The summed E-state index contributed by atoms with van der Waals surface area (Å²) in [6.07, 6.45) is 0. The van der Waals surface area contributed by atoms with Gasteiger partial charge in [-0.3, -0.25) is 0 Å². The first-order valence-electron chi connectivity index (χ1n) is 18.7. The molecular weight excluding hydrogens is 671 g/mol. The highest BCUT2D eigenvalue weighted by atomic mass is 16.3. The monoisotopic (exact) mass is 703 g/mol. The van der Waals surface area contributed by atoms with Crippen molar-refractivity contribution in [2.45, 2.75) is 0 Å². The molecule has 0 spiro atoms. The number of nitrogens with zero attached hydrogens (tertiary/aromatic N) is 1. The summed E-state index contributed by atoms with van der Waals surface area (Å²) in [6, 6.07) is 70.8. The smallest absolute Gasteiger partial charge is 0.159 e. The van der Waals surface area contributed by atoms with Gasteiger partial charge in [0.05, 0.1) is 16.8 Å². The third-order valence-corrected chi connectivity index (χ3v) is 10.9. The minimum absolute atomic E-state index is 0.826. The Bertz CT molecular complexity index is 3210. The quantitative estimate of drug-likeness (QED) is 0.173. The van der Waals surface area contributed by atoms with Crippen LogP contribution < -0.4 is 4.90 Å². The molecule has 0 aliphatic rings. The van der Waals surface area contributed by atoms with E-state index in [1.54, 1.807) is 0 Å². The first-order chi connectivity index (χ1) is 27.3. The fourth-order valence-corrected chi connectivity index (χ4v) is 8.40. The zero-order valence-corrected chi connectivity index (χ0v) is 29.8. The Hall–Kier alpha value is -7.36. The molecule has 0 bridgehead atoms. The van der Waals surface area contributed by atoms with Crippen molar-refractivity contribution in [3.05, 3.63) is 200 Å². The van der Waals surface area contributed by atoms with Crippen LogP contribution in [-0.2, 0) is 0 Å². The van der Waals surface area contributed by atoms with E-state index in [0.717, 1.165) is 88.4 Å². The van der Waals surface area contributed by atoms with Gasteiger partial charge < -0.3 is 13.7 Å². The summed E-state index contributed by atoms with van der Waals surface area (Å²) in [5, 5.41) is 6.50. The van der Waals surface area contributed by atoms with Crippen LogP contribution in [0.4, 0.5) is 17.1 Å². The molecule has 0 fully saturated rings. The molecule has 2 heterocycles. The van der Waals surface area contributed by atoms with Crippen LogP contribution in [-0.4, -0.2) is 0 Å². The van der Waals surface area contributed by atoms with E-state index in [0.29, 0.717) is 0 Å². The standard InChI is InChI=1S/C52H33NO2/c1-3-16-34(17-4-1)36-20-13-21-37(32-36)53(47-29-14-27-43-41-25-11-12-30-48(41)54-52(43)47)46-28-15-31-49-50(46)45-33-44(40-24-9-10-26-42(40)51(45)55-49)39-23-8-7-22-38(39)35-18-5-2-6-19-35/h1-33H. The lowest BCUT2D eigenvalue weighted by molar-refractivity contribution is 0.669. The van der Waals surface area contributed by atoms with Crippen LogP contribution in [0.3, 0.4) is 0 Å². The van der Waals surface area contributed by atoms with Crippen molar-refractivity contribution in [1.29, 1.82) is 0 Å². The Morgan fingerprint density at radius 1 is 0.309 bits per heavy atom. The molecule has 0 aliphatic heterocycles. The zero-order chi connectivity index (χ0) is 36.3. The maximum Gasteiger partial charge on any atom is 0.159 e. The van der Waals surface area contributed by atoms with Crippen molar-refractivity contribution >= 4 is 71.7 Å². The van der Waals surface area contributed by atoms with Crippen molar-refractivity contribution in [2.24, 2.45) is 0 Å². The van der Waals surface area contributed by atoms with Gasteiger partial charge in [-0.1, -0.05) is 158 Å². The highest BCUT2D eigenvalue weighted by Crippen LogP contribution is 2.49. The molecular formula is C52H33NO2. The maximum atomic E-state index is 6.91. The van der Waals surface area contributed by atoms with Gasteiger partial charge in [-0.2, -0.15) is 0 Å². The summed E-state index contributed by atoms with van der Waals surface area (Å²) in [5.74, 6) is 0. The second kappa shape index (κ2) is 12.6. The molecule has 11 rings (SSSR count). The Morgan fingerprint density at radius 2 is 0.873 bits per heavy atom. The van der Waals surface area contributed by atoms with Gasteiger partial charge in [0.1, 0.15) is 16.7 Å². The predicted molar refractivity (Wildman–Crippen MR) is 229 cm³/mol. The molecule has 258 valence electrons. The van der Waals surface area contributed by atoms with Crippen molar-refractivity contribution in [2.75, 3.05) is 4.90 Å². The van der Waals surface area contributed by atoms with Crippen LogP contribution in [0.25, 0.3) is 88.0 Å². The van der Waals surface area contributed by atoms with Gasteiger partial charge in [-0.05, 0) is 81.2 Å². The molecule has 2 aromatic heterocycles. The number of para-hydroxylation sites is 2. The molecule has 3 heteroatoms. The van der Waals surface area contributed by atoms with Gasteiger partial charge in [0.2, 0.25) is 0 Å². The Kier molecular flexibility index (Phi) is 7.17. The van der Waals surface area contributed by atoms with Gasteiger partial charge in [-0.15, -0.1) is 0 Å². The molecule has 0 saturated carbocycles. The van der Waals surface area contributed by atoms with Crippen LogP contribution in [0.1, 0.15) is 0 Å². The fourth-order valence-electron chi connectivity index (χ4n) is 8.40. The molecule has 55 heavy (non-hydrogen) atoms. The van der Waals surface area contributed by atoms with Crippen molar-refractivity contribution in [3.63, 3.8) is 0 Å². The lowest BCUT2D eigenvalue weighted by Gasteiger charge is -2.27. The summed E-state index contributed by atoms with van der Waals surface area (Å²) in [7, 11) is 0. The molecule has 0 N–H and O–H groups in total. The molecule has 0 amide bonds. The normalized spacial score (nSPS) is 11.6. The van der Waals surface area contributed by atoms with Crippen LogP contribution in [0, 0.1) is 0 Å². The highest BCUT2D eigenvalue weighted by molar-refractivity contribution is 6.23. The first kappa shape index (κ1) is 31.2. The van der Waals surface area contributed by atoms with E-state index in [-0.39, 0.29) is 0 Å². The number of benzene rings is 9. The number of hydrogen-bond acceptors (Lipinski definition) is 3. The van der Waals surface area contributed by atoms with Crippen LogP contribution in [0.5, 0.6) is 0 Å². The summed E-state index contributed by atoms with van der Waals surface area (Å²) in [4.78, 5) is 2.35. The second-order valence-corrected chi connectivity index (χ2v) is 14.0. The maximum absolute atomic E-state index is 6.91. The first-order valence-corrected chi connectivity index (χ1v) is 18.7. The van der Waals surface area contributed by atoms with E-state index in [9.17, 15) is 0 Å². The van der Waals surface area contributed by atoms with E-state index in [4.69, 9.17) is 8.83 Å². The van der Waals surface area contributed by atoms with E-state index in [2.05, 4.69) is 193 Å². The molecule has 0 unspecified atom stereocenters. The molecule has 11 aromatic rings. The number of rotatable bonds is 6. The topological polar surface area (TPSA) is 29.5 Å². The third kappa shape index (κ3) is 5.05. The van der Waals surface area contributed by atoms with E-state index < -0.39 is 0 Å². The highest BCUT2D eigenvalue weighted by Gasteiger charge is 2.25. The molecule has 0 saturated heterocycles. The van der Waals surface area contributed by atoms with E-state index in [1.165, 1.54) is 16.7 Å². The lowest BCUT2D eigenvalue weighted by Crippen LogP contribution is -2.10. The predicted octanol–water partition coefficient (Wildman–Crippen LogP) is 15.1. The van der Waals surface area contributed by atoms with Crippen molar-refractivity contribution in [3.8, 4) is 33.4 Å². The average Bonchev–Trinajstić information content (AvgIpc) is 3.84. The average molecular weight is 704 g/mol. The minimum atomic E-state index is 0.826. The molecule has 3 nitrogen and oxygen atoms in total. The summed E-state index contributed by atoms with van der Waals surface area (Å²) in [5.41, 5.74) is 13.4. The van der Waals surface area contributed by atoms with Gasteiger partial charge >= 0.3 is 0 Å². The van der Waals surface area contributed by atoms with Gasteiger partial charge in [0, 0.05) is 27.2 Å². The SMILES string of the molecule is c1ccc(-c2cccc(N(c3cccc4c3oc3ccccc34)c3cccc4oc5c6ccccc6c(-c6ccccc6-c6ccccc6)cc5c34)c2)cc1. The van der Waals surface area contributed by atoms with Crippen LogP contribution in [0.15, 0.2) is 209 Å². The fraction of sp³-hybridized carbons (Fsp3) is 0. The van der Waals surface area contributed by atoms with Gasteiger partial charge in [0.15, 0.2) is 5.58 Å². The minimum Gasteiger partial charge on any atom is -0.455 e. The van der Waals surface area contributed by atoms with Gasteiger partial charge in [0.25, 0.3) is 0 Å². The van der Waals surface area contributed by atoms with Crippen LogP contribution >= 0.6 is 0 Å². The number of furan rings is 2. The number of hydrogen-bond donors (Lipinski definition) is 0. The van der Waals surface area contributed by atoms with Crippen molar-refractivity contribution in [1.82, 2.24) is 0 Å². The Balaban J connectivity index is 1.23. The molecule has 0 radical (unpaired) electrons.